The molecule has 0 spiro atoms. The number of benzene rings is 2. The van der Waals surface area contributed by atoms with Gasteiger partial charge in [-0.3, -0.25) is 9.69 Å². The molecule has 2 aliphatic rings. The SMILES string of the molecule is CN1C=CC=CC1=C1SC(=Nc2ccccc2)N(c2ccccc2)C1=O. The van der Waals surface area contributed by atoms with E-state index in [1.807, 2.05) is 97.0 Å². The third kappa shape index (κ3) is 3.09. The Morgan fingerprint density at radius 3 is 2.31 bits per heavy atom. The highest BCUT2D eigenvalue weighted by Gasteiger charge is 2.37. The molecule has 4 nitrogen and oxygen atoms in total. The Bertz CT molecular complexity index is 946. The smallest absolute Gasteiger partial charge is 0.273 e. The summed E-state index contributed by atoms with van der Waals surface area (Å²) >= 11 is 1.41. The largest absolute Gasteiger partial charge is 0.350 e. The van der Waals surface area contributed by atoms with E-state index in [0.29, 0.717) is 10.1 Å². The van der Waals surface area contributed by atoms with E-state index in [2.05, 4.69) is 0 Å². The van der Waals surface area contributed by atoms with E-state index in [0.717, 1.165) is 17.1 Å². The summed E-state index contributed by atoms with van der Waals surface area (Å²) in [6, 6.07) is 19.3. The lowest BCUT2D eigenvalue weighted by Crippen LogP contribution is -2.29. The van der Waals surface area contributed by atoms with Crippen LogP contribution in [0.25, 0.3) is 0 Å². The second kappa shape index (κ2) is 7.06. The van der Waals surface area contributed by atoms with Crippen molar-refractivity contribution in [2.24, 2.45) is 4.99 Å². The van der Waals surface area contributed by atoms with Crippen LogP contribution in [0.5, 0.6) is 0 Å². The van der Waals surface area contributed by atoms with Crippen LogP contribution in [0.1, 0.15) is 0 Å². The molecule has 0 saturated carbocycles. The molecule has 0 aliphatic carbocycles. The van der Waals surface area contributed by atoms with Gasteiger partial charge in [0.1, 0.15) is 4.91 Å². The third-order valence-electron chi connectivity index (χ3n) is 4.06. The van der Waals surface area contributed by atoms with Gasteiger partial charge in [0.25, 0.3) is 5.91 Å². The van der Waals surface area contributed by atoms with Gasteiger partial charge < -0.3 is 4.90 Å². The predicted molar refractivity (Wildman–Crippen MR) is 108 cm³/mol. The molecule has 0 radical (unpaired) electrons. The Labute approximate surface area is 156 Å². The van der Waals surface area contributed by atoms with Gasteiger partial charge in [-0.15, -0.1) is 0 Å². The highest BCUT2D eigenvalue weighted by atomic mass is 32.2. The number of rotatable bonds is 2. The zero-order valence-electron chi connectivity index (χ0n) is 14.2. The monoisotopic (exact) mass is 359 g/mol. The summed E-state index contributed by atoms with van der Waals surface area (Å²) in [7, 11) is 1.94. The molecule has 1 fully saturated rings. The second-order valence-corrected chi connectivity index (χ2v) is 6.81. The van der Waals surface area contributed by atoms with Crippen molar-refractivity contribution in [1.82, 2.24) is 4.90 Å². The van der Waals surface area contributed by atoms with Crippen LogP contribution in [0.3, 0.4) is 0 Å². The van der Waals surface area contributed by atoms with Crippen LogP contribution in [-0.2, 0) is 4.79 Å². The standard InChI is InChI=1S/C21H17N3OS/c1-23-15-9-8-14-18(23)19-20(25)24(17-12-6-3-7-13-17)21(26-19)22-16-10-4-2-5-11-16/h2-15H,1H3. The molecular formula is C21H17N3OS. The van der Waals surface area contributed by atoms with E-state index in [-0.39, 0.29) is 5.91 Å². The Kier molecular flexibility index (Phi) is 4.46. The van der Waals surface area contributed by atoms with Crippen LogP contribution >= 0.6 is 11.8 Å². The first kappa shape index (κ1) is 16.4. The summed E-state index contributed by atoms with van der Waals surface area (Å²) < 4.78 is 0. The summed E-state index contributed by atoms with van der Waals surface area (Å²) in [6.07, 6.45) is 7.78. The summed E-state index contributed by atoms with van der Waals surface area (Å²) in [5.74, 6) is -0.0577. The van der Waals surface area contributed by atoms with Crippen molar-refractivity contribution >= 4 is 34.2 Å². The normalized spacial score (nSPS) is 21.1. The second-order valence-electron chi connectivity index (χ2n) is 5.83. The number of allylic oxidation sites excluding steroid dienone is 3. The van der Waals surface area contributed by atoms with Gasteiger partial charge in [0, 0.05) is 13.2 Å². The molecule has 2 aliphatic heterocycles. The van der Waals surface area contributed by atoms with E-state index in [1.54, 1.807) is 4.90 Å². The lowest BCUT2D eigenvalue weighted by Gasteiger charge is -2.19. The van der Waals surface area contributed by atoms with Crippen molar-refractivity contribution in [2.45, 2.75) is 0 Å². The number of nitrogens with zero attached hydrogens (tertiary/aromatic N) is 3. The number of hydrogen-bond acceptors (Lipinski definition) is 4. The first-order valence-corrected chi connectivity index (χ1v) is 9.09. The predicted octanol–water partition coefficient (Wildman–Crippen LogP) is 4.68. The molecule has 1 saturated heterocycles. The maximum atomic E-state index is 13.2. The van der Waals surface area contributed by atoms with Crippen LogP contribution in [0.4, 0.5) is 11.4 Å². The molecule has 0 N–H and O–H groups in total. The molecule has 2 aromatic rings. The Morgan fingerprint density at radius 2 is 1.62 bits per heavy atom. The minimum Gasteiger partial charge on any atom is -0.350 e. The van der Waals surface area contributed by atoms with Crippen molar-refractivity contribution in [2.75, 3.05) is 11.9 Å². The average molecular weight is 359 g/mol. The molecule has 128 valence electrons. The van der Waals surface area contributed by atoms with Gasteiger partial charge in [0.2, 0.25) is 0 Å². The summed E-state index contributed by atoms with van der Waals surface area (Å²) in [6.45, 7) is 0. The van der Waals surface area contributed by atoms with Gasteiger partial charge >= 0.3 is 0 Å². The first-order chi connectivity index (χ1) is 12.7. The lowest BCUT2D eigenvalue weighted by atomic mass is 10.2. The number of aliphatic imine (C=N–C) groups is 1. The minimum absolute atomic E-state index is 0.0577. The number of carbonyl (C=O) groups excluding carboxylic acids is 1. The molecule has 1 amide bonds. The van der Waals surface area contributed by atoms with Crippen LogP contribution in [0.2, 0.25) is 0 Å². The minimum atomic E-state index is -0.0577. The molecule has 2 heterocycles. The van der Waals surface area contributed by atoms with Crippen molar-refractivity contribution < 1.29 is 4.79 Å². The van der Waals surface area contributed by atoms with E-state index in [4.69, 9.17) is 4.99 Å². The number of carbonyl (C=O) groups is 1. The zero-order chi connectivity index (χ0) is 17.9. The van der Waals surface area contributed by atoms with Gasteiger partial charge in [-0.2, -0.15) is 0 Å². The molecule has 5 heteroatoms. The zero-order valence-corrected chi connectivity index (χ0v) is 15.1. The van der Waals surface area contributed by atoms with Gasteiger partial charge in [-0.05, 0) is 48.2 Å². The molecule has 2 aromatic carbocycles. The van der Waals surface area contributed by atoms with Gasteiger partial charge in [0.05, 0.1) is 17.1 Å². The van der Waals surface area contributed by atoms with Gasteiger partial charge in [-0.1, -0.05) is 42.5 Å². The van der Waals surface area contributed by atoms with Crippen LogP contribution < -0.4 is 4.90 Å². The van der Waals surface area contributed by atoms with Crippen molar-refractivity contribution in [3.63, 3.8) is 0 Å². The van der Waals surface area contributed by atoms with E-state index >= 15 is 0 Å². The number of para-hydroxylation sites is 2. The lowest BCUT2D eigenvalue weighted by molar-refractivity contribution is -0.113. The average Bonchev–Trinajstić information content (AvgIpc) is 2.99. The maximum absolute atomic E-state index is 13.2. The van der Waals surface area contributed by atoms with Crippen molar-refractivity contribution in [1.29, 1.82) is 0 Å². The Morgan fingerprint density at radius 1 is 0.923 bits per heavy atom. The topological polar surface area (TPSA) is 35.9 Å². The fraction of sp³-hybridized carbons (Fsp3) is 0.0476. The number of amidine groups is 1. The molecule has 4 rings (SSSR count). The van der Waals surface area contributed by atoms with E-state index in [1.165, 1.54) is 11.8 Å². The highest BCUT2D eigenvalue weighted by molar-refractivity contribution is 8.19. The maximum Gasteiger partial charge on any atom is 0.273 e. The summed E-state index contributed by atoms with van der Waals surface area (Å²) in [4.78, 5) is 22.3. The number of anilines is 1. The Hall–Kier alpha value is -3.05. The quantitative estimate of drug-likeness (QED) is 0.731. The molecule has 0 bridgehead atoms. The number of hydrogen-bond donors (Lipinski definition) is 0. The molecule has 0 aromatic heterocycles. The van der Waals surface area contributed by atoms with Crippen LogP contribution in [0.15, 0.2) is 101 Å². The van der Waals surface area contributed by atoms with E-state index < -0.39 is 0 Å². The molecule has 0 unspecified atom stereocenters. The summed E-state index contributed by atoms with van der Waals surface area (Å²) in [5, 5.41) is 0.659. The van der Waals surface area contributed by atoms with Crippen LogP contribution in [-0.4, -0.2) is 23.0 Å². The fourth-order valence-corrected chi connectivity index (χ4v) is 3.89. The fourth-order valence-electron chi connectivity index (χ4n) is 2.78. The van der Waals surface area contributed by atoms with Gasteiger partial charge in [0.15, 0.2) is 5.17 Å². The molecule has 26 heavy (non-hydrogen) atoms. The molecule has 0 atom stereocenters. The summed E-state index contributed by atoms with van der Waals surface area (Å²) in [5.41, 5.74) is 2.51. The first-order valence-electron chi connectivity index (χ1n) is 8.27. The van der Waals surface area contributed by atoms with Crippen molar-refractivity contribution in [3.8, 4) is 0 Å². The number of likely N-dealkylation sites (N-methyl/N-ethyl adjacent to an activating group) is 1. The number of amides is 1. The Balaban J connectivity index is 1.82. The van der Waals surface area contributed by atoms with Crippen molar-refractivity contribution in [3.05, 3.63) is 95.7 Å². The van der Waals surface area contributed by atoms with E-state index in [9.17, 15) is 4.79 Å². The number of thioether (sulfide) groups is 1. The van der Waals surface area contributed by atoms with Gasteiger partial charge in [-0.25, -0.2) is 4.99 Å². The molecular weight excluding hydrogens is 342 g/mol. The van der Waals surface area contributed by atoms with Crippen LogP contribution in [0, 0.1) is 0 Å². The highest BCUT2D eigenvalue weighted by Crippen LogP contribution is 2.39. The third-order valence-corrected chi connectivity index (χ3v) is 5.11.